The molecular formula is C41H26N4O3S2. The lowest BCUT2D eigenvalue weighted by Gasteiger charge is -2.40. The summed E-state index contributed by atoms with van der Waals surface area (Å²) in [4.78, 5) is 31.0. The molecule has 0 amide bonds. The van der Waals surface area contributed by atoms with E-state index in [1.54, 1.807) is 23.5 Å². The zero-order valence-electron chi connectivity index (χ0n) is 27.0. The molecule has 1 spiro atoms. The number of rotatable bonds is 2. The number of Topliss-reactive ketones (excluding diaryl/α,β-unsaturated/α-hetero) is 2. The van der Waals surface area contributed by atoms with Gasteiger partial charge in [-0.25, -0.2) is 0 Å². The van der Waals surface area contributed by atoms with Gasteiger partial charge in [-0.05, 0) is 80.9 Å². The highest BCUT2D eigenvalue weighted by Gasteiger charge is 2.45. The molecule has 1 aliphatic heterocycles. The number of aryl methyl sites for hydroxylation is 1. The first-order valence-electron chi connectivity index (χ1n) is 16.4. The predicted molar refractivity (Wildman–Crippen MR) is 191 cm³/mol. The van der Waals surface area contributed by atoms with Crippen molar-refractivity contribution in [2.75, 3.05) is 0 Å². The van der Waals surface area contributed by atoms with Crippen molar-refractivity contribution < 1.29 is 14.3 Å². The molecule has 2 fully saturated rings. The van der Waals surface area contributed by atoms with Gasteiger partial charge in [0.2, 0.25) is 0 Å². The average Bonchev–Trinajstić information content (AvgIpc) is 3.87. The highest BCUT2D eigenvalue weighted by molar-refractivity contribution is 7.23. The molecule has 0 N–H and O–H groups in total. The second-order valence-corrected chi connectivity index (χ2v) is 15.1. The fraction of sp³-hybridized carbons (Fsp3) is 0.220. The largest absolute Gasteiger partial charge is 0.481 e. The minimum absolute atomic E-state index is 0.0732. The molecule has 5 aliphatic rings. The van der Waals surface area contributed by atoms with E-state index in [2.05, 4.69) is 6.07 Å². The standard InChI is InChI=1S/C41H26N4O3S2/c1-22-9-10-29-30(13-22)36(24(20-44)21-45)32(38(29)47)15-26-17-34-40(50-26)39-33(41(48-34)11-5-2-6-12-41)16-25(49-39)14-31-35(23(18-42)19-43)27-7-3-4-8-28(27)37(31)46/h7-10,13-17H,2-6,11-12H2,1H3/b31-14-,32-15-. The first kappa shape index (κ1) is 31.4. The minimum Gasteiger partial charge on any atom is -0.481 e. The molecule has 7 nitrogen and oxygen atoms in total. The summed E-state index contributed by atoms with van der Waals surface area (Å²) in [6.07, 6.45) is 13.7. The molecule has 2 saturated carbocycles. The van der Waals surface area contributed by atoms with Crippen LogP contribution in [0.4, 0.5) is 0 Å². The van der Waals surface area contributed by atoms with E-state index in [4.69, 9.17) is 4.74 Å². The van der Waals surface area contributed by atoms with Gasteiger partial charge in [0.05, 0.1) is 9.75 Å². The molecule has 4 aliphatic carbocycles. The Kier molecular flexibility index (Phi) is 7.50. The van der Waals surface area contributed by atoms with Crippen molar-refractivity contribution in [1.82, 2.24) is 0 Å². The number of hydrogen-bond acceptors (Lipinski definition) is 9. The lowest BCUT2D eigenvalue weighted by Crippen LogP contribution is -2.37. The van der Waals surface area contributed by atoms with Crippen LogP contribution in [0.2, 0.25) is 0 Å². The van der Waals surface area contributed by atoms with Crippen LogP contribution in [0.3, 0.4) is 0 Å². The van der Waals surface area contributed by atoms with Crippen molar-refractivity contribution >= 4 is 52.0 Å². The summed E-state index contributed by atoms with van der Waals surface area (Å²) < 4.78 is 6.91. The number of allylic oxidation sites excluding steroid dienone is 10. The van der Waals surface area contributed by atoms with Gasteiger partial charge < -0.3 is 4.74 Å². The molecule has 0 unspecified atom stereocenters. The van der Waals surface area contributed by atoms with Crippen LogP contribution in [0.5, 0.6) is 5.75 Å². The summed E-state index contributed by atoms with van der Waals surface area (Å²) in [5.74, 6) is 0.312. The molecular weight excluding hydrogens is 661 g/mol. The molecule has 0 atom stereocenters. The van der Waals surface area contributed by atoms with Crippen molar-refractivity contribution in [3.05, 3.63) is 114 Å². The second-order valence-electron chi connectivity index (χ2n) is 13.0. The van der Waals surface area contributed by atoms with Gasteiger partial charge in [0, 0.05) is 48.7 Å². The van der Waals surface area contributed by atoms with Crippen LogP contribution in [0.1, 0.15) is 81.7 Å². The number of nitrogens with zero attached hydrogens (tertiary/aromatic N) is 4. The zero-order chi connectivity index (χ0) is 34.7. The molecule has 3 heterocycles. The SMILES string of the molecule is Cc1ccc2c(c1)C(=C(C#N)C#N)/C(=C/c1cc3c(s1)-c1sc(/C=C4\C(=O)C5=CCCC=C5C4=C(C#N)C#N)cc1C1(CCCCC1)O3)C2=O. The Labute approximate surface area is 297 Å². The third-order valence-electron chi connectivity index (χ3n) is 10.0. The maximum absolute atomic E-state index is 13.7. The minimum atomic E-state index is -0.544. The second kappa shape index (κ2) is 11.9. The lowest BCUT2D eigenvalue weighted by atomic mass is 9.78. The highest BCUT2D eigenvalue weighted by Crippen LogP contribution is 2.57. The number of thiophene rings is 2. The van der Waals surface area contributed by atoms with Crippen molar-refractivity contribution in [3.8, 4) is 39.8 Å². The first-order valence-corrected chi connectivity index (χ1v) is 18.1. The molecule has 50 heavy (non-hydrogen) atoms. The molecule has 1 aromatic carbocycles. The monoisotopic (exact) mass is 686 g/mol. The summed E-state index contributed by atoms with van der Waals surface area (Å²) in [5, 5.41) is 39.3. The van der Waals surface area contributed by atoms with Crippen LogP contribution >= 0.6 is 22.7 Å². The molecule has 0 bridgehead atoms. The summed E-state index contributed by atoms with van der Waals surface area (Å²) in [6.45, 7) is 1.91. The first-order chi connectivity index (χ1) is 24.3. The summed E-state index contributed by atoms with van der Waals surface area (Å²) >= 11 is 3.03. The Morgan fingerprint density at radius 1 is 0.740 bits per heavy atom. The number of fused-ring (bicyclic) bond motifs is 6. The van der Waals surface area contributed by atoms with E-state index in [9.17, 15) is 30.6 Å². The van der Waals surface area contributed by atoms with E-state index in [0.717, 1.165) is 81.3 Å². The molecule has 0 saturated heterocycles. The van der Waals surface area contributed by atoms with Crippen molar-refractivity contribution in [1.29, 1.82) is 21.0 Å². The van der Waals surface area contributed by atoms with Gasteiger partial charge >= 0.3 is 0 Å². The molecule has 9 heteroatoms. The summed E-state index contributed by atoms with van der Waals surface area (Å²) in [5.41, 5.74) is 4.96. The van der Waals surface area contributed by atoms with E-state index in [-0.39, 0.29) is 22.7 Å². The number of carbonyl (C=O) groups excluding carboxylic acids is 2. The highest BCUT2D eigenvalue weighted by atomic mass is 32.1. The van der Waals surface area contributed by atoms with Crippen molar-refractivity contribution in [2.24, 2.45) is 0 Å². The van der Waals surface area contributed by atoms with Crippen LogP contribution in [-0.4, -0.2) is 11.6 Å². The van der Waals surface area contributed by atoms with Crippen molar-refractivity contribution in [2.45, 2.75) is 57.5 Å². The number of carbonyl (C=O) groups is 2. The van der Waals surface area contributed by atoms with Gasteiger partial charge in [-0.1, -0.05) is 42.3 Å². The normalized spacial score (nSPS) is 19.7. The number of nitriles is 4. The van der Waals surface area contributed by atoms with Crippen molar-refractivity contribution in [3.63, 3.8) is 0 Å². The fourth-order valence-corrected chi connectivity index (χ4v) is 10.2. The number of benzene rings is 1. The molecule has 2 aromatic heterocycles. The van der Waals surface area contributed by atoms with E-state index in [1.807, 2.05) is 67.6 Å². The molecule has 3 aromatic rings. The van der Waals surface area contributed by atoms with Gasteiger partial charge in [0.1, 0.15) is 46.8 Å². The maximum atomic E-state index is 13.7. The number of hydrogen-bond donors (Lipinski definition) is 0. The third-order valence-corrected chi connectivity index (χ3v) is 12.3. The Bertz CT molecular complexity index is 2440. The summed E-state index contributed by atoms with van der Waals surface area (Å²) in [6, 6.07) is 17.5. The topological polar surface area (TPSA) is 139 Å². The fourth-order valence-electron chi connectivity index (χ4n) is 7.82. The Morgan fingerprint density at radius 3 is 2.06 bits per heavy atom. The van der Waals surface area contributed by atoms with Gasteiger partial charge in [0.25, 0.3) is 0 Å². The van der Waals surface area contributed by atoms with Crippen LogP contribution < -0.4 is 4.74 Å². The van der Waals surface area contributed by atoms with E-state index >= 15 is 0 Å². The van der Waals surface area contributed by atoms with Crippen LogP contribution in [0, 0.1) is 52.2 Å². The van der Waals surface area contributed by atoms with Gasteiger partial charge in [0.15, 0.2) is 11.6 Å². The van der Waals surface area contributed by atoms with Gasteiger partial charge in [-0.3, -0.25) is 9.59 Å². The van der Waals surface area contributed by atoms with Crippen LogP contribution in [0.15, 0.2) is 81.5 Å². The Hall–Kier alpha value is -5.84. The van der Waals surface area contributed by atoms with Gasteiger partial charge in [-0.15, -0.1) is 22.7 Å². The quantitative estimate of drug-likeness (QED) is 0.193. The van der Waals surface area contributed by atoms with Crippen LogP contribution in [-0.2, 0) is 10.4 Å². The van der Waals surface area contributed by atoms with E-state index < -0.39 is 5.60 Å². The predicted octanol–water partition coefficient (Wildman–Crippen LogP) is 9.37. The Balaban J connectivity index is 1.28. The summed E-state index contributed by atoms with van der Waals surface area (Å²) in [7, 11) is 0. The van der Waals surface area contributed by atoms with Crippen LogP contribution in [0.25, 0.3) is 27.5 Å². The van der Waals surface area contributed by atoms with Gasteiger partial charge in [-0.2, -0.15) is 21.0 Å². The number of ether oxygens (including phenoxy) is 1. The smallest absolute Gasteiger partial charge is 0.194 e. The average molecular weight is 687 g/mol. The third kappa shape index (κ3) is 4.71. The lowest BCUT2D eigenvalue weighted by molar-refractivity contribution is -0.111. The number of ketones is 2. The molecule has 240 valence electrons. The van der Waals surface area contributed by atoms with E-state index in [1.165, 1.54) is 11.3 Å². The molecule has 8 rings (SSSR count). The maximum Gasteiger partial charge on any atom is 0.194 e. The van der Waals surface area contributed by atoms with E-state index in [0.29, 0.717) is 44.6 Å². The zero-order valence-corrected chi connectivity index (χ0v) is 28.6. The molecule has 0 radical (unpaired) electrons. The Morgan fingerprint density at radius 2 is 1.36 bits per heavy atom.